The largest absolute Gasteiger partial charge is 0.495 e. The van der Waals surface area contributed by atoms with Gasteiger partial charge in [0.1, 0.15) is 17.4 Å². The molecule has 0 spiro atoms. The number of hydrogen-bond acceptors (Lipinski definition) is 6. The molecule has 0 atom stereocenters. The monoisotopic (exact) mass is 359 g/mol. The molecule has 0 fully saturated rings. The van der Waals surface area contributed by atoms with Crippen molar-refractivity contribution in [2.75, 3.05) is 13.7 Å². The molecule has 8 heteroatoms. The molecule has 1 aromatic carbocycles. The molecule has 0 aliphatic rings. The normalized spacial score (nSPS) is 10.8. The third-order valence-electron chi connectivity index (χ3n) is 3.56. The molecular formula is C17H18FN5OS. The summed E-state index contributed by atoms with van der Waals surface area (Å²) in [5.41, 5.74) is 7.29. The van der Waals surface area contributed by atoms with E-state index in [9.17, 15) is 4.39 Å². The lowest BCUT2D eigenvalue weighted by atomic mass is 10.3. The minimum atomic E-state index is -0.287. The fourth-order valence-corrected chi connectivity index (χ4v) is 3.31. The Labute approximate surface area is 149 Å². The maximum absolute atomic E-state index is 13.2. The van der Waals surface area contributed by atoms with Crippen LogP contribution in [-0.4, -0.2) is 33.4 Å². The molecule has 2 aromatic heterocycles. The van der Waals surface area contributed by atoms with Crippen LogP contribution in [0.2, 0.25) is 0 Å². The van der Waals surface area contributed by atoms with Gasteiger partial charge < -0.3 is 10.5 Å². The number of ether oxygens (including phenoxy) is 1. The lowest BCUT2D eigenvalue weighted by Gasteiger charge is -2.10. The summed E-state index contributed by atoms with van der Waals surface area (Å²) in [5.74, 6) is 1.76. The first-order valence-electron chi connectivity index (χ1n) is 7.74. The summed E-state index contributed by atoms with van der Waals surface area (Å²) in [4.78, 5) is 4.35. The van der Waals surface area contributed by atoms with Crippen LogP contribution >= 0.6 is 11.8 Å². The summed E-state index contributed by atoms with van der Waals surface area (Å²) in [5, 5.41) is 9.19. The number of aromatic nitrogens is 4. The molecule has 0 bridgehead atoms. The van der Waals surface area contributed by atoms with Crippen molar-refractivity contribution in [3.63, 3.8) is 0 Å². The van der Waals surface area contributed by atoms with E-state index in [4.69, 9.17) is 10.5 Å². The van der Waals surface area contributed by atoms with Crippen molar-refractivity contribution in [3.8, 4) is 11.4 Å². The van der Waals surface area contributed by atoms with Gasteiger partial charge in [0.25, 0.3) is 0 Å². The van der Waals surface area contributed by atoms with Crippen LogP contribution in [0.5, 0.6) is 5.75 Å². The van der Waals surface area contributed by atoms with Crippen LogP contribution in [0.4, 0.5) is 4.39 Å². The summed E-state index contributed by atoms with van der Waals surface area (Å²) in [6, 6.07) is 9.92. The Morgan fingerprint density at radius 1 is 1.20 bits per heavy atom. The Kier molecular flexibility index (Phi) is 5.62. The van der Waals surface area contributed by atoms with E-state index in [1.165, 1.54) is 23.9 Å². The van der Waals surface area contributed by atoms with E-state index in [2.05, 4.69) is 15.2 Å². The lowest BCUT2D eigenvalue weighted by molar-refractivity contribution is 0.409. The standard InChI is InChI=1S/C17H18FN5OS/c1-24-15-3-2-10-20-14(15)11-25-17-22-21-16(8-9-19)23(17)13-6-4-12(18)5-7-13/h2-7,10H,8-9,11,19H2,1H3. The van der Waals surface area contributed by atoms with Crippen molar-refractivity contribution < 1.29 is 9.13 Å². The molecule has 0 unspecified atom stereocenters. The van der Waals surface area contributed by atoms with Gasteiger partial charge in [-0.05, 0) is 42.9 Å². The fraction of sp³-hybridized carbons (Fsp3) is 0.235. The number of rotatable bonds is 7. The molecule has 2 heterocycles. The van der Waals surface area contributed by atoms with E-state index in [0.717, 1.165) is 23.0 Å². The number of nitrogens with two attached hydrogens (primary N) is 1. The predicted octanol–water partition coefficient (Wildman–Crippen LogP) is 2.60. The Morgan fingerprint density at radius 3 is 2.72 bits per heavy atom. The van der Waals surface area contributed by atoms with Crippen LogP contribution in [0, 0.1) is 5.82 Å². The summed E-state index contributed by atoms with van der Waals surface area (Å²) in [6.07, 6.45) is 2.31. The number of methoxy groups -OCH3 is 1. The molecule has 3 aromatic rings. The van der Waals surface area contributed by atoms with Gasteiger partial charge in [-0.15, -0.1) is 10.2 Å². The molecule has 130 valence electrons. The molecule has 0 aliphatic heterocycles. The second kappa shape index (κ2) is 8.09. The zero-order valence-electron chi connectivity index (χ0n) is 13.7. The van der Waals surface area contributed by atoms with Crippen LogP contribution < -0.4 is 10.5 Å². The first-order chi connectivity index (χ1) is 12.2. The number of pyridine rings is 1. The second-order valence-electron chi connectivity index (χ2n) is 5.19. The highest BCUT2D eigenvalue weighted by Crippen LogP contribution is 2.28. The Hall–Kier alpha value is -2.45. The summed E-state index contributed by atoms with van der Waals surface area (Å²) in [7, 11) is 1.62. The summed E-state index contributed by atoms with van der Waals surface area (Å²) >= 11 is 1.49. The molecular weight excluding hydrogens is 341 g/mol. The van der Waals surface area contributed by atoms with Crippen molar-refractivity contribution in [1.82, 2.24) is 19.7 Å². The molecule has 25 heavy (non-hydrogen) atoms. The smallest absolute Gasteiger partial charge is 0.196 e. The lowest BCUT2D eigenvalue weighted by Crippen LogP contribution is -2.09. The topological polar surface area (TPSA) is 78.8 Å². The molecule has 0 saturated heterocycles. The third-order valence-corrected chi connectivity index (χ3v) is 4.50. The number of benzene rings is 1. The number of hydrogen-bond donors (Lipinski definition) is 1. The van der Waals surface area contributed by atoms with Gasteiger partial charge in [0.15, 0.2) is 5.16 Å². The average molecular weight is 359 g/mol. The maximum Gasteiger partial charge on any atom is 0.196 e. The first-order valence-corrected chi connectivity index (χ1v) is 8.72. The highest BCUT2D eigenvalue weighted by Gasteiger charge is 2.15. The summed E-state index contributed by atoms with van der Waals surface area (Å²) in [6.45, 7) is 0.456. The third kappa shape index (κ3) is 3.97. The molecule has 2 N–H and O–H groups in total. The highest BCUT2D eigenvalue weighted by atomic mass is 32.2. The van der Waals surface area contributed by atoms with Crippen molar-refractivity contribution in [3.05, 3.63) is 59.9 Å². The van der Waals surface area contributed by atoms with Gasteiger partial charge >= 0.3 is 0 Å². The van der Waals surface area contributed by atoms with E-state index in [1.807, 2.05) is 16.7 Å². The minimum absolute atomic E-state index is 0.287. The van der Waals surface area contributed by atoms with Crippen molar-refractivity contribution in [2.45, 2.75) is 17.3 Å². The summed E-state index contributed by atoms with van der Waals surface area (Å²) < 4.78 is 20.5. The van der Waals surface area contributed by atoms with E-state index in [0.29, 0.717) is 23.9 Å². The van der Waals surface area contributed by atoms with Crippen LogP contribution in [0.3, 0.4) is 0 Å². The zero-order valence-corrected chi connectivity index (χ0v) is 14.5. The van der Waals surface area contributed by atoms with Gasteiger partial charge in [0, 0.05) is 24.1 Å². The molecule has 0 saturated carbocycles. The van der Waals surface area contributed by atoms with Crippen LogP contribution in [0.15, 0.2) is 47.8 Å². The Bertz CT molecular complexity index is 837. The zero-order chi connectivity index (χ0) is 17.6. The van der Waals surface area contributed by atoms with Gasteiger partial charge in [-0.1, -0.05) is 11.8 Å². The van der Waals surface area contributed by atoms with Gasteiger partial charge in [-0.25, -0.2) is 4.39 Å². The quantitative estimate of drug-likeness (QED) is 0.653. The van der Waals surface area contributed by atoms with Crippen molar-refractivity contribution in [2.24, 2.45) is 5.73 Å². The molecule has 6 nitrogen and oxygen atoms in total. The first kappa shape index (κ1) is 17.4. The van der Waals surface area contributed by atoms with Crippen LogP contribution in [0.1, 0.15) is 11.5 Å². The molecule has 3 rings (SSSR count). The molecule has 0 amide bonds. The van der Waals surface area contributed by atoms with E-state index in [-0.39, 0.29) is 5.82 Å². The van der Waals surface area contributed by atoms with Crippen LogP contribution in [0.25, 0.3) is 5.69 Å². The van der Waals surface area contributed by atoms with E-state index in [1.54, 1.807) is 25.4 Å². The Balaban J connectivity index is 1.89. The predicted molar refractivity (Wildman–Crippen MR) is 94.4 cm³/mol. The minimum Gasteiger partial charge on any atom is -0.495 e. The van der Waals surface area contributed by atoms with Gasteiger partial charge in [-0.3, -0.25) is 9.55 Å². The van der Waals surface area contributed by atoms with Crippen molar-refractivity contribution in [1.29, 1.82) is 0 Å². The number of nitrogens with zero attached hydrogens (tertiary/aromatic N) is 4. The van der Waals surface area contributed by atoms with E-state index < -0.39 is 0 Å². The number of halogens is 1. The van der Waals surface area contributed by atoms with Gasteiger partial charge in [0.05, 0.1) is 12.8 Å². The van der Waals surface area contributed by atoms with Gasteiger partial charge in [0.2, 0.25) is 0 Å². The SMILES string of the molecule is COc1cccnc1CSc1nnc(CCN)n1-c1ccc(F)cc1. The Morgan fingerprint density at radius 2 is 2.00 bits per heavy atom. The highest BCUT2D eigenvalue weighted by molar-refractivity contribution is 7.98. The van der Waals surface area contributed by atoms with E-state index >= 15 is 0 Å². The van der Waals surface area contributed by atoms with Gasteiger partial charge in [-0.2, -0.15) is 0 Å². The van der Waals surface area contributed by atoms with Crippen molar-refractivity contribution >= 4 is 11.8 Å². The second-order valence-corrected chi connectivity index (χ2v) is 6.13. The molecule has 0 aliphatic carbocycles. The molecule has 0 radical (unpaired) electrons. The average Bonchev–Trinajstić information content (AvgIpc) is 3.04. The maximum atomic E-state index is 13.2. The fourth-order valence-electron chi connectivity index (χ4n) is 2.38. The number of thioether (sulfide) groups is 1. The van der Waals surface area contributed by atoms with Crippen LogP contribution in [-0.2, 0) is 12.2 Å².